The van der Waals surface area contributed by atoms with Gasteiger partial charge in [-0.3, -0.25) is 0 Å². The lowest BCUT2D eigenvalue weighted by molar-refractivity contribution is 0.0532. The molecule has 0 aliphatic rings. The van der Waals surface area contributed by atoms with Crippen LogP contribution >= 0.6 is 23.4 Å². The zero-order valence-corrected chi connectivity index (χ0v) is 22.2. The van der Waals surface area contributed by atoms with Crippen LogP contribution in [-0.2, 0) is 0 Å². The molecule has 3 aromatic carbocycles. The van der Waals surface area contributed by atoms with Gasteiger partial charge in [-0.05, 0) is 91.9 Å². The van der Waals surface area contributed by atoms with Gasteiger partial charge in [0, 0.05) is 15.5 Å². The second kappa shape index (κ2) is 11.5. The van der Waals surface area contributed by atoms with Gasteiger partial charge in [-0.2, -0.15) is 4.98 Å². The van der Waals surface area contributed by atoms with E-state index in [1.54, 1.807) is 11.8 Å². The lowest BCUT2D eigenvalue weighted by Gasteiger charge is -2.15. The van der Waals surface area contributed by atoms with E-state index in [1.807, 2.05) is 50.2 Å². The van der Waals surface area contributed by atoms with Gasteiger partial charge in [-0.25, -0.2) is 0 Å². The molecule has 36 heavy (non-hydrogen) atoms. The fourth-order valence-electron chi connectivity index (χ4n) is 3.85. The topological polar surface area (TPSA) is 88.6 Å². The summed E-state index contributed by atoms with van der Waals surface area (Å²) in [5, 5.41) is 23.3. The first kappa shape index (κ1) is 26.2. The second-order valence-electron chi connectivity index (χ2n) is 8.84. The Morgan fingerprint density at radius 1 is 0.972 bits per heavy atom. The van der Waals surface area contributed by atoms with Gasteiger partial charge < -0.3 is 19.5 Å². The van der Waals surface area contributed by atoms with Crippen molar-refractivity contribution >= 4 is 23.4 Å². The summed E-state index contributed by atoms with van der Waals surface area (Å²) in [5.74, 6) is 1.63. The maximum atomic E-state index is 9.62. The van der Waals surface area contributed by atoms with Crippen molar-refractivity contribution in [3.8, 4) is 17.1 Å². The number of aliphatic hydroxyl groups excluding tert-OH is 2. The Labute approximate surface area is 220 Å². The summed E-state index contributed by atoms with van der Waals surface area (Å²) in [6, 6.07) is 17.9. The molecule has 2 unspecified atom stereocenters. The lowest BCUT2D eigenvalue weighted by atomic mass is 10.1. The molecular formula is C28H29ClN2O4S. The molecule has 188 valence electrons. The Balaban J connectivity index is 1.66. The molecule has 1 aromatic heterocycles. The number of aryl methyl sites for hydroxylation is 4. The van der Waals surface area contributed by atoms with E-state index < -0.39 is 6.10 Å². The Morgan fingerprint density at radius 3 is 2.39 bits per heavy atom. The van der Waals surface area contributed by atoms with Crippen LogP contribution in [0.4, 0.5) is 0 Å². The fourth-order valence-corrected chi connectivity index (χ4v) is 5.19. The van der Waals surface area contributed by atoms with Crippen LogP contribution in [0.25, 0.3) is 11.4 Å². The Kier molecular flexibility index (Phi) is 8.36. The summed E-state index contributed by atoms with van der Waals surface area (Å²) < 4.78 is 11.5. The van der Waals surface area contributed by atoms with Crippen LogP contribution in [0.15, 0.2) is 64.0 Å². The molecular weight excluding hydrogens is 496 g/mol. The predicted molar refractivity (Wildman–Crippen MR) is 143 cm³/mol. The second-order valence-corrected chi connectivity index (χ2v) is 10.5. The fraction of sp³-hybridized carbons (Fsp3) is 0.286. The molecule has 0 fully saturated rings. The van der Waals surface area contributed by atoms with Crippen molar-refractivity contribution < 1.29 is 19.5 Å². The van der Waals surface area contributed by atoms with Crippen molar-refractivity contribution in [1.29, 1.82) is 0 Å². The Bertz CT molecular complexity index is 1330. The van der Waals surface area contributed by atoms with Gasteiger partial charge in [-0.15, -0.1) is 11.8 Å². The van der Waals surface area contributed by atoms with Gasteiger partial charge in [0.15, 0.2) is 0 Å². The highest BCUT2D eigenvalue weighted by Crippen LogP contribution is 2.41. The molecule has 2 atom stereocenters. The Morgan fingerprint density at radius 2 is 1.72 bits per heavy atom. The number of halogens is 1. The van der Waals surface area contributed by atoms with Gasteiger partial charge in [0.05, 0.1) is 6.61 Å². The average Bonchev–Trinajstić information content (AvgIpc) is 3.34. The number of benzene rings is 3. The smallest absolute Gasteiger partial charge is 0.244 e. The molecule has 0 aliphatic heterocycles. The maximum Gasteiger partial charge on any atom is 0.244 e. The minimum absolute atomic E-state index is 0.0148. The first-order valence-corrected chi connectivity index (χ1v) is 12.9. The molecule has 0 saturated carbocycles. The third-order valence-electron chi connectivity index (χ3n) is 5.90. The SMILES string of the molecule is Cc1ccc(SC(c2cccc(Cl)c2)c2nc(-c3cc(C)c(OCC(O)CO)c(C)c3)no2)cc1C. The number of aromatic nitrogens is 2. The zero-order valence-electron chi connectivity index (χ0n) is 20.7. The highest BCUT2D eigenvalue weighted by Gasteiger charge is 2.24. The molecule has 0 aliphatic carbocycles. The van der Waals surface area contributed by atoms with Gasteiger partial charge in [-0.1, -0.05) is 35.0 Å². The van der Waals surface area contributed by atoms with Crippen molar-refractivity contribution in [2.75, 3.05) is 13.2 Å². The standard InChI is InChI=1S/C28H29ClN2O4S/c1-16-8-9-24(12-17(16)2)36-26(20-6-5-7-22(29)13-20)28-30-27(31-35-28)21-10-18(3)25(19(4)11-21)34-15-23(33)14-32/h5-13,23,26,32-33H,14-15H2,1-4H3. The van der Waals surface area contributed by atoms with Gasteiger partial charge in [0.2, 0.25) is 11.7 Å². The molecule has 0 spiro atoms. The monoisotopic (exact) mass is 524 g/mol. The summed E-state index contributed by atoms with van der Waals surface area (Å²) in [4.78, 5) is 5.87. The molecule has 1 heterocycles. The minimum Gasteiger partial charge on any atom is -0.490 e. The normalized spacial score (nSPS) is 13.0. The average molecular weight is 525 g/mol. The van der Waals surface area contributed by atoms with Crippen LogP contribution < -0.4 is 4.74 Å². The van der Waals surface area contributed by atoms with E-state index in [9.17, 15) is 5.11 Å². The molecule has 0 radical (unpaired) electrons. The van der Waals surface area contributed by atoms with Crippen LogP contribution in [0.2, 0.25) is 5.02 Å². The predicted octanol–water partition coefficient (Wildman–Crippen LogP) is 6.24. The molecule has 8 heteroatoms. The van der Waals surface area contributed by atoms with E-state index in [1.165, 1.54) is 11.1 Å². The van der Waals surface area contributed by atoms with E-state index in [4.69, 9.17) is 31.0 Å². The molecule has 0 bridgehead atoms. The zero-order chi connectivity index (χ0) is 25.8. The molecule has 6 nitrogen and oxygen atoms in total. The maximum absolute atomic E-state index is 9.62. The van der Waals surface area contributed by atoms with Gasteiger partial charge in [0.25, 0.3) is 0 Å². The van der Waals surface area contributed by atoms with Gasteiger partial charge in [0.1, 0.15) is 23.7 Å². The minimum atomic E-state index is -0.929. The number of thioether (sulfide) groups is 1. The summed E-state index contributed by atoms with van der Waals surface area (Å²) in [6.45, 7) is 7.69. The lowest BCUT2D eigenvalue weighted by Crippen LogP contribution is -2.21. The van der Waals surface area contributed by atoms with Crippen molar-refractivity contribution in [3.05, 3.63) is 93.3 Å². The molecule has 4 aromatic rings. The number of hydrogen-bond donors (Lipinski definition) is 2. The number of ether oxygens (including phenoxy) is 1. The van der Waals surface area contributed by atoms with E-state index in [0.29, 0.717) is 22.5 Å². The van der Waals surface area contributed by atoms with E-state index in [0.717, 1.165) is 27.1 Å². The van der Waals surface area contributed by atoms with E-state index in [-0.39, 0.29) is 18.5 Å². The number of hydrogen-bond acceptors (Lipinski definition) is 7. The third kappa shape index (κ3) is 6.10. The van der Waals surface area contributed by atoms with Crippen LogP contribution in [-0.4, -0.2) is 39.7 Å². The highest BCUT2D eigenvalue weighted by molar-refractivity contribution is 7.99. The summed E-state index contributed by atoms with van der Waals surface area (Å²) in [6.07, 6.45) is -0.929. The molecule has 0 saturated heterocycles. The molecule has 4 rings (SSSR count). The molecule has 0 amide bonds. The highest BCUT2D eigenvalue weighted by atomic mass is 35.5. The first-order valence-electron chi connectivity index (χ1n) is 11.6. The van der Waals surface area contributed by atoms with Crippen molar-refractivity contribution in [2.24, 2.45) is 0 Å². The van der Waals surface area contributed by atoms with E-state index in [2.05, 4.69) is 37.2 Å². The quantitative estimate of drug-likeness (QED) is 0.251. The van der Waals surface area contributed by atoms with Crippen LogP contribution in [0, 0.1) is 27.7 Å². The number of nitrogens with zero attached hydrogens (tertiary/aromatic N) is 2. The molecule has 2 N–H and O–H groups in total. The first-order chi connectivity index (χ1) is 17.2. The van der Waals surface area contributed by atoms with Crippen LogP contribution in [0.1, 0.15) is 39.0 Å². The summed E-state index contributed by atoms with van der Waals surface area (Å²) in [5.41, 5.74) is 5.98. The third-order valence-corrected chi connectivity index (χ3v) is 7.37. The Hall–Kier alpha value is -2.84. The van der Waals surface area contributed by atoms with Crippen LogP contribution in [0.5, 0.6) is 5.75 Å². The van der Waals surface area contributed by atoms with Crippen molar-refractivity contribution in [3.63, 3.8) is 0 Å². The van der Waals surface area contributed by atoms with E-state index >= 15 is 0 Å². The van der Waals surface area contributed by atoms with Crippen molar-refractivity contribution in [2.45, 2.75) is 43.9 Å². The van der Waals surface area contributed by atoms with Gasteiger partial charge >= 0.3 is 0 Å². The summed E-state index contributed by atoms with van der Waals surface area (Å²) >= 11 is 7.95. The summed E-state index contributed by atoms with van der Waals surface area (Å²) in [7, 11) is 0. The van der Waals surface area contributed by atoms with Crippen LogP contribution in [0.3, 0.4) is 0 Å². The largest absolute Gasteiger partial charge is 0.490 e. The number of rotatable bonds is 9. The number of aliphatic hydroxyl groups is 2. The van der Waals surface area contributed by atoms with Crippen molar-refractivity contribution in [1.82, 2.24) is 10.1 Å².